The quantitative estimate of drug-likeness (QED) is 0.781. The average molecular weight is 253 g/mol. The molecule has 1 aromatic rings. The summed E-state index contributed by atoms with van der Waals surface area (Å²) in [6, 6.07) is 6.47. The van der Waals surface area contributed by atoms with Crippen LogP contribution in [0.15, 0.2) is 24.3 Å². The van der Waals surface area contributed by atoms with Gasteiger partial charge in [-0.15, -0.1) is 0 Å². The normalized spacial score (nSPS) is 12.2. The lowest BCUT2D eigenvalue weighted by Gasteiger charge is -2.09. The van der Waals surface area contributed by atoms with Crippen LogP contribution >= 0.6 is 0 Å². The van der Waals surface area contributed by atoms with Crippen LogP contribution in [0.2, 0.25) is 0 Å². The van der Waals surface area contributed by atoms with Gasteiger partial charge in [-0.1, -0.05) is 25.1 Å². The summed E-state index contributed by atoms with van der Waals surface area (Å²) in [5.74, 6) is -0.381. The van der Waals surface area contributed by atoms with Gasteiger partial charge in [0.2, 0.25) is 5.91 Å². The fraction of sp³-hybridized carbons (Fsp3) is 0.500. The number of benzene rings is 1. The summed E-state index contributed by atoms with van der Waals surface area (Å²) in [5.41, 5.74) is 0.557. The molecule has 0 saturated carbocycles. The maximum Gasteiger partial charge on any atom is 0.220 e. The third kappa shape index (κ3) is 5.27. The molecule has 4 heteroatoms. The minimum absolute atomic E-state index is 0.110. The summed E-state index contributed by atoms with van der Waals surface area (Å²) in [7, 11) is 0. The molecule has 0 aliphatic rings. The lowest BCUT2D eigenvalue weighted by Crippen LogP contribution is -2.27. The van der Waals surface area contributed by atoms with Crippen molar-refractivity contribution in [1.29, 1.82) is 0 Å². The molecule has 100 valence electrons. The molecule has 0 radical (unpaired) electrons. The van der Waals surface area contributed by atoms with E-state index in [1.165, 1.54) is 6.07 Å². The van der Waals surface area contributed by atoms with Crippen LogP contribution < -0.4 is 5.32 Å². The van der Waals surface area contributed by atoms with E-state index in [0.29, 0.717) is 31.4 Å². The van der Waals surface area contributed by atoms with Crippen molar-refractivity contribution in [2.24, 2.45) is 0 Å². The number of aliphatic hydroxyl groups excluding tert-OH is 1. The van der Waals surface area contributed by atoms with Crippen molar-refractivity contribution in [1.82, 2.24) is 5.32 Å². The van der Waals surface area contributed by atoms with Crippen LogP contribution in [0.5, 0.6) is 0 Å². The smallest absolute Gasteiger partial charge is 0.220 e. The Morgan fingerprint density at radius 2 is 2.17 bits per heavy atom. The van der Waals surface area contributed by atoms with Gasteiger partial charge in [-0.3, -0.25) is 4.79 Å². The molecule has 0 aliphatic heterocycles. The van der Waals surface area contributed by atoms with Crippen LogP contribution in [0.3, 0.4) is 0 Å². The standard InChI is InChI=1S/C14H20FNO2/c1-2-12(17)9-10-16-14(18)8-7-11-5-3-4-6-13(11)15/h3-6,12,17H,2,7-10H2,1H3,(H,16,18). The number of halogens is 1. The average Bonchev–Trinajstić information content (AvgIpc) is 2.37. The zero-order chi connectivity index (χ0) is 13.4. The third-order valence-electron chi connectivity index (χ3n) is 2.85. The maximum atomic E-state index is 13.3. The van der Waals surface area contributed by atoms with E-state index in [2.05, 4.69) is 5.32 Å². The van der Waals surface area contributed by atoms with E-state index in [-0.39, 0.29) is 24.2 Å². The summed E-state index contributed by atoms with van der Waals surface area (Å²) < 4.78 is 13.3. The molecule has 0 aromatic heterocycles. The summed E-state index contributed by atoms with van der Waals surface area (Å²) in [6.45, 7) is 2.36. The summed E-state index contributed by atoms with van der Waals surface area (Å²) in [6.07, 6.45) is 1.54. The monoisotopic (exact) mass is 253 g/mol. The molecule has 2 N–H and O–H groups in total. The number of hydrogen-bond acceptors (Lipinski definition) is 2. The van der Waals surface area contributed by atoms with Gasteiger partial charge < -0.3 is 10.4 Å². The predicted molar refractivity (Wildman–Crippen MR) is 68.6 cm³/mol. The minimum atomic E-state index is -0.364. The number of aryl methyl sites for hydroxylation is 1. The molecule has 0 spiro atoms. The van der Waals surface area contributed by atoms with Crippen molar-refractivity contribution in [2.75, 3.05) is 6.54 Å². The molecule has 0 fully saturated rings. The van der Waals surface area contributed by atoms with E-state index in [4.69, 9.17) is 0 Å². The molecule has 0 bridgehead atoms. The molecular weight excluding hydrogens is 233 g/mol. The topological polar surface area (TPSA) is 49.3 Å². The number of rotatable bonds is 7. The minimum Gasteiger partial charge on any atom is -0.393 e. The Bertz CT molecular complexity index is 382. The number of nitrogens with one attached hydrogen (secondary N) is 1. The van der Waals surface area contributed by atoms with Crippen molar-refractivity contribution in [3.05, 3.63) is 35.6 Å². The molecule has 1 amide bonds. The highest BCUT2D eigenvalue weighted by Crippen LogP contribution is 2.08. The fourth-order valence-electron chi connectivity index (χ4n) is 1.62. The van der Waals surface area contributed by atoms with Gasteiger partial charge in [0.05, 0.1) is 6.10 Å². The third-order valence-corrected chi connectivity index (χ3v) is 2.85. The molecule has 1 aromatic carbocycles. The fourth-order valence-corrected chi connectivity index (χ4v) is 1.62. The molecule has 0 heterocycles. The molecule has 1 rings (SSSR count). The molecule has 0 saturated heterocycles. The maximum absolute atomic E-state index is 13.3. The zero-order valence-corrected chi connectivity index (χ0v) is 10.7. The van der Waals surface area contributed by atoms with Gasteiger partial charge in [0.1, 0.15) is 5.82 Å². The predicted octanol–water partition coefficient (Wildman–Crippen LogP) is 2.04. The van der Waals surface area contributed by atoms with Crippen LogP contribution in [-0.2, 0) is 11.2 Å². The van der Waals surface area contributed by atoms with Crippen molar-refractivity contribution >= 4 is 5.91 Å². The first-order valence-electron chi connectivity index (χ1n) is 6.31. The molecule has 1 atom stereocenters. The van der Waals surface area contributed by atoms with Gasteiger partial charge >= 0.3 is 0 Å². The Balaban J connectivity index is 2.23. The Morgan fingerprint density at radius 1 is 1.44 bits per heavy atom. The van der Waals surface area contributed by atoms with Gasteiger partial charge in [-0.2, -0.15) is 0 Å². The lowest BCUT2D eigenvalue weighted by atomic mass is 10.1. The highest BCUT2D eigenvalue weighted by atomic mass is 19.1. The van der Waals surface area contributed by atoms with Crippen molar-refractivity contribution in [2.45, 2.75) is 38.7 Å². The largest absolute Gasteiger partial charge is 0.393 e. The molecule has 0 aliphatic carbocycles. The van der Waals surface area contributed by atoms with E-state index in [1.54, 1.807) is 18.2 Å². The first kappa shape index (κ1) is 14.6. The Labute approximate surface area is 107 Å². The van der Waals surface area contributed by atoms with Crippen LogP contribution in [0.4, 0.5) is 4.39 Å². The summed E-state index contributed by atoms with van der Waals surface area (Å²) in [4.78, 5) is 11.5. The second kappa shape index (κ2) is 7.82. The first-order valence-corrected chi connectivity index (χ1v) is 6.31. The Hall–Kier alpha value is -1.42. The van der Waals surface area contributed by atoms with Gasteiger partial charge in [-0.25, -0.2) is 4.39 Å². The van der Waals surface area contributed by atoms with Crippen LogP contribution in [-0.4, -0.2) is 23.7 Å². The summed E-state index contributed by atoms with van der Waals surface area (Å²) in [5, 5.41) is 12.0. The second-order valence-corrected chi connectivity index (χ2v) is 4.29. The van der Waals surface area contributed by atoms with E-state index < -0.39 is 0 Å². The highest BCUT2D eigenvalue weighted by Gasteiger charge is 2.06. The molecule has 3 nitrogen and oxygen atoms in total. The summed E-state index contributed by atoms with van der Waals surface area (Å²) >= 11 is 0. The SMILES string of the molecule is CCC(O)CCNC(=O)CCc1ccccc1F. The molecule has 1 unspecified atom stereocenters. The number of amides is 1. The number of aliphatic hydroxyl groups is 1. The lowest BCUT2D eigenvalue weighted by molar-refractivity contribution is -0.121. The number of carbonyl (C=O) groups excluding carboxylic acids is 1. The zero-order valence-electron chi connectivity index (χ0n) is 10.7. The van der Waals surface area contributed by atoms with Gasteiger partial charge in [0.25, 0.3) is 0 Å². The highest BCUT2D eigenvalue weighted by molar-refractivity contribution is 5.76. The second-order valence-electron chi connectivity index (χ2n) is 4.29. The van der Waals surface area contributed by atoms with Crippen LogP contribution in [0.25, 0.3) is 0 Å². The van der Waals surface area contributed by atoms with Gasteiger partial charge in [0, 0.05) is 13.0 Å². The van der Waals surface area contributed by atoms with Crippen molar-refractivity contribution in [3.8, 4) is 0 Å². The van der Waals surface area contributed by atoms with E-state index in [9.17, 15) is 14.3 Å². The molecular formula is C14H20FNO2. The first-order chi connectivity index (χ1) is 8.63. The van der Waals surface area contributed by atoms with Crippen molar-refractivity contribution < 1.29 is 14.3 Å². The van der Waals surface area contributed by atoms with E-state index in [1.807, 2.05) is 6.92 Å². The number of hydrogen-bond donors (Lipinski definition) is 2. The Morgan fingerprint density at radius 3 is 2.83 bits per heavy atom. The van der Waals surface area contributed by atoms with E-state index in [0.717, 1.165) is 0 Å². The Kier molecular flexibility index (Phi) is 6.36. The van der Waals surface area contributed by atoms with Gasteiger partial charge in [0.15, 0.2) is 0 Å². The van der Waals surface area contributed by atoms with Gasteiger partial charge in [-0.05, 0) is 30.9 Å². The van der Waals surface area contributed by atoms with E-state index >= 15 is 0 Å². The van der Waals surface area contributed by atoms with Crippen LogP contribution in [0, 0.1) is 5.82 Å². The number of carbonyl (C=O) groups is 1. The molecule has 18 heavy (non-hydrogen) atoms. The van der Waals surface area contributed by atoms with Crippen molar-refractivity contribution in [3.63, 3.8) is 0 Å². The van der Waals surface area contributed by atoms with Crippen LogP contribution in [0.1, 0.15) is 31.7 Å².